The van der Waals surface area contributed by atoms with Gasteiger partial charge in [-0.15, -0.1) is 0 Å². The van der Waals surface area contributed by atoms with Crippen molar-refractivity contribution in [3.8, 4) is 5.75 Å². The molecule has 3 nitrogen and oxygen atoms in total. The Balaban J connectivity index is 2.19. The number of nitrogens with one attached hydrogen (secondary N) is 1. The minimum atomic E-state index is 0.601. The first kappa shape index (κ1) is 15.1. The Kier molecular flexibility index (Phi) is 4.89. The number of aryl methyl sites for hydroxylation is 1. The maximum Gasteiger partial charge on any atom is 0.128 e. The molecule has 5 heteroatoms. The van der Waals surface area contributed by atoms with Crippen LogP contribution in [0, 0.1) is 13.8 Å². The van der Waals surface area contributed by atoms with Crippen molar-refractivity contribution in [2.75, 3.05) is 12.4 Å². The van der Waals surface area contributed by atoms with Gasteiger partial charge in [-0.3, -0.25) is 4.98 Å². The zero-order valence-corrected chi connectivity index (χ0v) is 14.0. The van der Waals surface area contributed by atoms with Crippen LogP contribution in [0.4, 0.5) is 5.69 Å². The summed E-state index contributed by atoms with van der Waals surface area (Å²) < 4.78 is 6.37. The molecular weight excluding hydrogens is 340 g/mol. The molecule has 0 saturated carbocycles. The van der Waals surface area contributed by atoms with E-state index < -0.39 is 0 Å². The fourth-order valence-corrected chi connectivity index (χ4v) is 2.80. The summed E-state index contributed by atoms with van der Waals surface area (Å²) in [6, 6.07) is 5.75. The highest BCUT2D eigenvalue weighted by Gasteiger charge is 2.09. The van der Waals surface area contributed by atoms with Gasteiger partial charge in [0, 0.05) is 21.8 Å². The lowest BCUT2D eigenvalue weighted by Crippen LogP contribution is -2.06. The lowest BCUT2D eigenvalue weighted by Gasteiger charge is -2.14. The number of halogens is 2. The maximum atomic E-state index is 6.18. The van der Waals surface area contributed by atoms with Gasteiger partial charge in [0.1, 0.15) is 5.75 Å². The molecule has 0 fully saturated rings. The van der Waals surface area contributed by atoms with E-state index in [9.17, 15) is 0 Å². The van der Waals surface area contributed by atoms with E-state index in [1.54, 1.807) is 7.11 Å². The Bertz CT molecular complexity index is 632. The van der Waals surface area contributed by atoms with Crippen molar-refractivity contribution < 1.29 is 4.74 Å². The number of anilines is 1. The number of nitrogens with zero attached hydrogens (tertiary/aromatic N) is 1. The van der Waals surface area contributed by atoms with Crippen molar-refractivity contribution >= 4 is 33.2 Å². The summed E-state index contributed by atoms with van der Waals surface area (Å²) in [6.45, 7) is 4.60. The maximum absolute atomic E-state index is 6.18. The lowest BCUT2D eigenvalue weighted by atomic mass is 10.1. The minimum absolute atomic E-state index is 0.601. The molecule has 106 valence electrons. The van der Waals surface area contributed by atoms with Crippen LogP contribution >= 0.6 is 27.5 Å². The van der Waals surface area contributed by atoms with Gasteiger partial charge in [0.15, 0.2) is 0 Å². The molecule has 2 rings (SSSR count). The van der Waals surface area contributed by atoms with Crippen LogP contribution in [0.5, 0.6) is 5.75 Å². The number of methoxy groups -OCH3 is 1. The van der Waals surface area contributed by atoms with Crippen LogP contribution in [0.25, 0.3) is 0 Å². The number of rotatable bonds is 4. The molecule has 0 saturated heterocycles. The van der Waals surface area contributed by atoms with Crippen LogP contribution in [-0.2, 0) is 6.54 Å². The number of ether oxygens (including phenoxy) is 1. The third-order valence-corrected chi connectivity index (χ3v) is 3.93. The van der Waals surface area contributed by atoms with Gasteiger partial charge in [0.25, 0.3) is 0 Å². The molecule has 20 heavy (non-hydrogen) atoms. The molecule has 0 aliphatic rings. The van der Waals surface area contributed by atoms with Crippen LogP contribution < -0.4 is 10.1 Å². The Hall–Kier alpha value is -1.26. The summed E-state index contributed by atoms with van der Waals surface area (Å²) in [4.78, 5) is 4.45. The second kappa shape index (κ2) is 6.46. The second-order valence-corrected chi connectivity index (χ2v) is 5.85. The highest BCUT2D eigenvalue weighted by molar-refractivity contribution is 9.10. The van der Waals surface area contributed by atoms with E-state index in [-0.39, 0.29) is 0 Å². The van der Waals surface area contributed by atoms with Crippen molar-refractivity contribution in [3.63, 3.8) is 0 Å². The highest BCUT2D eigenvalue weighted by atomic mass is 79.9. The average molecular weight is 356 g/mol. The molecular formula is C15H16BrClN2O. The number of hydrogen-bond donors (Lipinski definition) is 1. The SMILES string of the molecule is COc1c(C)cnc(CNc2ccc(Br)cc2Cl)c1C. The van der Waals surface area contributed by atoms with E-state index in [0.29, 0.717) is 11.6 Å². The molecule has 1 aromatic heterocycles. The third kappa shape index (κ3) is 3.25. The van der Waals surface area contributed by atoms with E-state index in [4.69, 9.17) is 16.3 Å². The number of pyridine rings is 1. The van der Waals surface area contributed by atoms with Crippen LogP contribution in [-0.4, -0.2) is 12.1 Å². The first-order valence-corrected chi connectivity index (χ1v) is 7.38. The molecule has 0 aliphatic carbocycles. The predicted octanol–water partition coefficient (Wildman–Crippen LogP) is 4.74. The van der Waals surface area contributed by atoms with Crippen LogP contribution in [0.1, 0.15) is 16.8 Å². The zero-order valence-electron chi connectivity index (χ0n) is 11.6. The Morgan fingerprint density at radius 2 is 2.10 bits per heavy atom. The summed E-state index contributed by atoms with van der Waals surface area (Å²) in [5.41, 5.74) is 3.92. The summed E-state index contributed by atoms with van der Waals surface area (Å²) in [6.07, 6.45) is 1.83. The van der Waals surface area contributed by atoms with E-state index >= 15 is 0 Å². The predicted molar refractivity (Wildman–Crippen MR) is 86.7 cm³/mol. The second-order valence-electron chi connectivity index (χ2n) is 4.52. The average Bonchev–Trinajstić information content (AvgIpc) is 2.40. The Morgan fingerprint density at radius 3 is 2.75 bits per heavy atom. The number of aromatic nitrogens is 1. The minimum Gasteiger partial charge on any atom is -0.496 e. The molecule has 0 unspecified atom stereocenters. The van der Waals surface area contributed by atoms with Gasteiger partial charge in [-0.2, -0.15) is 0 Å². The lowest BCUT2D eigenvalue weighted by molar-refractivity contribution is 0.407. The van der Waals surface area contributed by atoms with Crippen molar-refractivity contribution in [1.29, 1.82) is 0 Å². The summed E-state index contributed by atoms with van der Waals surface area (Å²) in [7, 11) is 1.68. The Morgan fingerprint density at radius 1 is 1.35 bits per heavy atom. The number of hydrogen-bond acceptors (Lipinski definition) is 3. The third-order valence-electron chi connectivity index (χ3n) is 3.13. The highest BCUT2D eigenvalue weighted by Crippen LogP contribution is 2.28. The fraction of sp³-hybridized carbons (Fsp3) is 0.267. The number of benzene rings is 1. The van der Waals surface area contributed by atoms with Gasteiger partial charge in [0.2, 0.25) is 0 Å². The van der Waals surface area contributed by atoms with Gasteiger partial charge in [-0.25, -0.2) is 0 Å². The molecule has 1 heterocycles. The molecule has 0 amide bonds. The first-order valence-electron chi connectivity index (χ1n) is 6.21. The van der Waals surface area contributed by atoms with Gasteiger partial charge in [0.05, 0.1) is 30.1 Å². The summed E-state index contributed by atoms with van der Waals surface area (Å²) in [5.74, 6) is 0.888. The van der Waals surface area contributed by atoms with E-state index in [2.05, 4.69) is 26.2 Å². The zero-order chi connectivity index (χ0) is 14.7. The monoisotopic (exact) mass is 354 g/mol. The van der Waals surface area contributed by atoms with Crippen LogP contribution in [0.3, 0.4) is 0 Å². The summed E-state index contributed by atoms with van der Waals surface area (Å²) >= 11 is 9.57. The topological polar surface area (TPSA) is 34.1 Å². The van der Waals surface area contributed by atoms with Gasteiger partial charge in [-0.05, 0) is 32.0 Å². The molecule has 2 aromatic rings. The normalized spacial score (nSPS) is 10.4. The van der Waals surface area contributed by atoms with E-state index in [1.807, 2.05) is 38.2 Å². The molecule has 1 aromatic carbocycles. The van der Waals surface area contributed by atoms with Crippen molar-refractivity contribution in [2.24, 2.45) is 0 Å². The van der Waals surface area contributed by atoms with Crippen molar-refractivity contribution in [1.82, 2.24) is 4.98 Å². The molecule has 1 N–H and O–H groups in total. The standard InChI is InChI=1S/C15H16BrClN2O/c1-9-7-18-14(10(2)15(9)20-3)8-19-13-5-4-11(16)6-12(13)17/h4-7,19H,8H2,1-3H3. The van der Waals surface area contributed by atoms with Crippen molar-refractivity contribution in [2.45, 2.75) is 20.4 Å². The molecule has 0 bridgehead atoms. The fourth-order valence-electron chi connectivity index (χ4n) is 2.06. The van der Waals surface area contributed by atoms with E-state index in [1.165, 1.54) is 0 Å². The molecule has 0 atom stereocenters. The van der Waals surface area contributed by atoms with Crippen LogP contribution in [0.15, 0.2) is 28.9 Å². The summed E-state index contributed by atoms with van der Waals surface area (Å²) in [5, 5.41) is 3.97. The quantitative estimate of drug-likeness (QED) is 0.860. The van der Waals surface area contributed by atoms with E-state index in [0.717, 1.165) is 32.7 Å². The molecule has 0 spiro atoms. The largest absolute Gasteiger partial charge is 0.496 e. The van der Waals surface area contributed by atoms with Gasteiger partial charge in [-0.1, -0.05) is 27.5 Å². The molecule has 0 radical (unpaired) electrons. The molecule has 0 aliphatic heterocycles. The smallest absolute Gasteiger partial charge is 0.128 e. The van der Waals surface area contributed by atoms with Crippen LogP contribution in [0.2, 0.25) is 5.02 Å². The van der Waals surface area contributed by atoms with Gasteiger partial charge >= 0.3 is 0 Å². The van der Waals surface area contributed by atoms with Gasteiger partial charge < -0.3 is 10.1 Å². The Labute approximate surface area is 132 Å². The first-order chi connectivity index (χ1) is 9.52. The van der Waals surface area contributed by atoms with Crippen molar-refractivity contribution in [3.05, 3.63) is 50.7 Å².